The van der Waals surface area contributed by atoms with Crippen molar-refractivity contribution >= 4 is 0 Å². The van der Waals surface area contributed by atoms with Gasteiger partial charge in [-0.25, -0.2) is 0 Å². The number of benzene rings is 2. The van der Waals surface area contributed by atoms with Gasteiger partial charge in [-0.15, -0.1) is 0 Å². The molecule has 0 radical (unpaired) electrons. The summed E-state index contributed by atoms with van der Waals surface area (Å²) in [5.74, 6) is 2.29. The van der Waals surface area contributed by atoms with Crippen LogP contribution in [0.5, 0.6) is 11.5 Å². The average molecular weight is 355 g/mol. The molecule has 140 valence electrons. The lowest BCUT2D eigenvalue weighted by Gasteiger charge is -2.26. The Bertz CT molecular complexity index is 713. The van der Waals surface area contributed by atoms with E-state index >= 15 is 0 Å². The van der Waals surface area contributed by atoms with E-state index in [0.29, 0.717) is 12.5 Å². The second-order valence-electron chi connectivity index (χ2n) is 7.68. The Morgan fingerprint density at radius 1 is 1.19 bits per heavy atom. The van der Waals surface area contributed by atoms with Gasteiger partial charge in [0.15, 0.2) is 0 Å². The van der Waals surface area contributed by atoms with Gasteiger partial charge in [-0.05, 0) is 42.7 Å². The number of fused-ring (bicyclic) bond motifs is 1. The standard InChI is InChI=1S/C22H29NO3/c1-17(2)14-23-11-12-25-21-10-9-19(13-18(21)15-23)22(3,24)16-26-20-7-5-4-6-8-20/h4-10,13,17,24H,11-12,14-16H2,1-3H3. The smallest absolute Gasteiger partial charge is 0.123 e. The molecule has 26 heavy (non-hydrogen) atoms. The molecular formula is C22H29NO3. The fraction of sp³-hybridized carbons (Fsp3) is 0.455. The third kappa shape index (κ3) is 4.77. The minimum atomic E-state index is -1.07. The van der Waals surface area contributed by atoms with E-state index in [0.717, 1.165) is 42.3 Å². The van der Waals surface area contributed by atoms with E-state index < -0.39 is 5.60 Å². The third-order valence-electron chi connectivity index (χ3n) is 4.63. The molecule has 0 aromatic heterocycles. The maximum Gasteiger partial charge on any atom is 0.123 e. The van der Waals surface area contributed by atoms with Crippen LogP contribution in [-0.2, 0) is 12.1 Å². The Morgan fingerprint density at radius 3 is 2.69 bits per heavy atom. The van der Waals surface area contributed by atoms with Crippen LogP contribution in [-0.4, -0.2) is 36.3 Å². The molecule has 4 nitrogen and oxygen atoms in total. The first-order chi connectivity index (χ1) is 12.4. The average Bonchev–Trinajstić information content (AvgIpc) is 2.81. The quantitative estimate of drug-likeness (QED) is 0.855. The van der Waals surface area contributed by atoms with Gasteiger partial charge in [0.1, 0.15) is 30.3 Å². The molecule has 0 saturated carbocycles. The van der Waals surface area contributed by atoms with Gasteiger partial charge in [-0.3, -0.25) is 4.90 Å². The molecule has 3 rings (SSSR count). The van der Waals surface area contributed by atoms with Crippen LogP contribution in [0.15, 0.2) is 48.5 Å². The first-order valence-electron chi connectivity index (χ1n) is 9.33. The fourth-order valence-corrected chi connectivity index (χ4v) is 3.28. The highest BCUT2D eigenvalue weighted by Crippen LogP contribution is 2.30. The molecule has 2 aromatic carbocycles. The van der Waals surface area contributed by atoms with E-state index in [4.69, 9.17) is 9.47 Å². The van der Waals surface area contributed by atoms with Gasteiger partial charge in [0.05, 0.1) is 0 Å². The summed E-state index contributed by atoms with van der Waals surface area (Å²) in [7, 11) is 0. The second kappa shape index (κ2) is 8.11. The molecule has 0 saturated heterocycles. The molecule has 2 aromatic rings. The first-order valence-corrected chi connectivity index (χ1v) is 9.33. The fourth-order valence-electron chi connectivity index (χ4n) is 3.28. The molecule has 0 spiro atoms. The van der Waals surface area contributed by atoms with Crippen molar-refractivity contribution in [2.45, 2.75) is 32.9 Å². The molecule has 0 amide bonds. The Labute approximate surface area is 156 Å². The van der Waals surface area contributed by atoms with Crippen molar-refractivity contribution in [1.82, 2.24) is 4.90 Å². The van der Waals surface area contributed by atoms with E-state index in [9.17, 15) is 5.11 Å². The summed E-state index contributed by atoms with van der Waals surface area (Å²) < 4.78 is 11.7. The van der Waals surface area contributed by atoms with E-state index in [1.54, 1.807) is 6.92 Å². The van der Waals surface area contributed by atoms with Gasteiger partial charge in [0, 0.05) is 25.2 Å². The zero-order chi connectivity index (χ0) is 18.6. The number of hydrogen-bond donors (Lipinski definition) is 1. The van der Waals surface area contributed by atoms with Gasteiger partial charge in [0.2, 0.25) is 0 Å². The third-order valence-corrected chi connectivity index (χ3v) is 4.63. The monoisotopic (exact) mass is 355 g/mol. The second-order valence-corrected chi connectivity index (χ2v) is 7.68. The zero-order valence-corrected chi connectivity index (χ0v) is 15.9. The Balaban J connectivity index is 1.75. The molecule has 1 N–H and O–H groups in total. The van der Waals surface area contributed by atoms with Gasteiger partial charge in [-0.2, -0.15) is 0 Å². The summed E-state index contributed by atoms with van der Waals surface area (Å²) >= 11 is 0. The molecule has 1 aliphatic heterocycles. The van der Waals surface area contributed by atoms with Crippen LogP contribution in [0, 0.1) is 5.92 Å². The van der Waals surface area contributed by atoms with Gasteiger partial charge >= 0.3 is 0 Å². The Kier molecular flexibility index (Phi) is 5.84. The highest BCUT2D eigenvalue weighted by molar-refractivity contribution is 5.40. The lowest BCUT2D eigenvalue weighted by molar-refractivity contribution is 0.00748. The Morgan fingerprint density at radius 2 is 1.96 bits per heavy atom. The van der Waals surface area contributed by atoms with Gasteiger partial charge in [-0.1, -0.05) is 38.1 Å². The van der Waals surface area contributed by atoms with Crippen LogP contribution in [0.4, 0.5) is 0 Å². The minimum absolute atomic E-state index is 0.201. The Hall–Kier alpha value is -2.04. The van der Waals surface area contributed by atoms with E-state index in [1.807, 2.05) is 42.5 Å². The highest BCUT2D eigenvalue weighted by Gasteiger charge is 2.26. The van der Waals surface area contributed by atoms with Crippen molar-refractivity contribution in [2.75, 3.05) is 26.3 Å². The molecule has 0 aliphatic carbocycles. The summed E-state index contributed by atoms with van der Waals surface area (Å²) in [6, 6.07) is 15.5. The topological polar surface area (TPSA) is 41.9 Å². The molecule has 4 heteroatoms. The molecule has 1 heterocycles. The maximum absolute atomic E-state index is 11.0. The first kappa shape index (κ1) is 18.7. The highest BCUT2D eigenvalue weighted by atomic mass is 16.5. The van der Waals surface area contributed by atoms with Crippen LogP contribution in [0.3, 0.4) is 0 Å². The summed E-state index contributed by atoms with van der Waals surface area (Å²) in [6.45, 7) is 9.97. The number of nitrogens with zero attached hydrogens (tertiary/aromatic N) is 1. The summed E-state index contributed by atoms with van der Waals surface area (Å²) in [5, 5.41) is 11.0. The van der Waals surface area contributed by atoms with Gasteiger partial charge < -0.3 is 14.6 Å². The molecule has 0 fully saturated rings. The number of para-hydroxylation sites is 1. The number of aliphatic hydroxyl groups is 1. The van der Waals surface area contributed by atoms with Crippen LogP contribution < -0.4 is 9.47 Å². The molecule has 1 aliphatic rings. The van der Waals surface area contributed by atoms with Crippen LogP contribution in [0.1, 0.15) is 31.9 Å². The normalized spacial score (nSPS) is 17.1. The van der Waals surface area contributed by atoms with Crippen LogP contribution >= 0.6 is 0 Å². The SMILES string of the molecule is CC(C)CN1CCOc2ccc(C(C)(O)COc3ccccc3)cc2C1. The van der Waals surface area contributed by atoms with Crippen LogP contribution in [0.2, 0.25) is 0 Å². The number of hydrogen-bond acceptors (Lipinski definition) is 4. The lowest BCUT2D eigenvalue weighted by Crippen LogP contribution is -2.30. The minimum Gasteiger partial charge on any atom is -0.492 e. The van der Waals surface area contributed by atoms with Crippen molar-refractivity contribution in [3.8, 4) is 11.5 Å². The van der Waals surface area contributed by atoms with Crippen LogP contribution in [0.25, 0.3) is 0 Å². The summed E-state index contributed by atoms with van der Waals surface area (Å²) in [6.07, 6.45) is 0. The van der Waals surface area contributed by atoms with Crippen molar-refractivity contribution in [2.24, 2.45) is 5.92 Å². The lowest BCUT2D eigenvalue weighted by atomic mass is 9.94. The summed E-state index contributed by atoms with van der Waals surface area (Å²) in [4.78, 5) is 2.41. The maximum atomic E-state index is 11.0. The number of rotatable bonds is 6. The molecular weight excluding hydrogens is 326 g/mol. The molecule has 1 atom stereocenters. The molecule has 0 bridgehead atoms. The van der Waals surface area contributed by atoms with Crippen molar-refractivity contribution in [1.29, 1.82) is 0 Å². The van der Waals surface area contributed by atoms with E-state index in [1.165, 1.54) is 0 Å². The largest absolute Gasteiger partial charge is 0.492 e. The number of ether oxygens (including phenoxy) is 2. The van der Waals surface area contributed by atoms with Crippen molar-refractivity contribution in [3.05, 3.63) is 59.7 Å². The van der Waals surface area contributed by atoms with E-state index in [-0.39, 0.29) is 6.61 Å². The predicted molar refractivity (Wildman–Crippen MR) is 104 cm³/mol. The predicted octanol–water partition coefficient (Wildman–Crippen LogP) is 3.82. The van der Waals surface area contributed by atoms with Crippen molar-refractivity contribution in [3.63, 3.8) is 0 Å². The molecule has 1 unspecified atom stereocenters. The van der Waals surface area contributed by atoms with Crippen molar-refractivity contribution < 1.29 is 14.6 Å². The van der Waals surface area contributed by atoms with Gasteiger partial charge in [0.25, 0.3) is 0 Å². The summed E-state index contributed by atoms with van der Waals surface area (Å²) in [5.41, 5.74) is 0.905. The van der Waals surface area contributed by atoms with E-state index in [2.05, 4.69) is 24.8 Å². The zero-order valence-electron chi connectivity index (χ0n) is 15.9.